The Morgan fingerprint density at radius 2 is 1.87 bits per heavy atom. The van der Waals surface area contributed by atoms with Gasteiger partial charge < -0.3 is 10.4 Å². The van der Waals surface area contributed by atoms with Gasteiger partial charge in [0, 0.05) is 18.2 Å². The molecule has 0 aromatic heterocycles. The van der Waals surface area contributed by atoms with E-state index in [1.165, 1.54) is 6.07 Å². The fraction of sp³-hybridized carbons (Fsp3) is 0.235. The quantitative estimate of drug-likeness (QED) is 0.632. The molecule has 0 saturated heterocycles. The van der Waals surface area contributed by atoms with Crippen LogP contribution < -0.4 is 5.32 Å². The number of nitro groups is 1. The standard InChI is InChI=1S/C17H18N2O4/c1-12-6-2-4-8-14(12)16(20)11-18-17(21)10-13-7-3-5-9-15(13)19(22)23/h2-9,16,20H,10-11H2,1H3,(H,18,21). The molecule has 0 spiro atoms. The van der Waals surface area contributed by atoms with E-state index in [0.29, 0.717) is 5.56 Å². The number of hydrogen-bond donors (Lipinski definition) is 2. The molecule has 0 saturated carbocycles. The van der Waals surface area contributed by atoms with E-state index in [0.717, 1.165) is 11.1 Å². The minimum Gasteiger partial charge on any atom is -0.387 e. The molecule has 2 rings (SSSR count). The van der Waals surface area contributed by atoms with E-state index in [9.17, 15) is 20.0 Å². The predicted octanol–water partition coefficient (Wildman–Crippen LogP) is 2.30. The first-order valence-electron chi connectivity index (χ1n) is 7.21. The molecule has 2 aromatic carbocycles. The largest absolute Gasteiger partial charge is 0.387 e. The van der Waals surface area contributed by atoms with E-state index in [2.05, 4.69) is 5.32 Å². The van der Waals surface area contributed by atoms with Crippen molar-refractivity contribution in [1.82, 2.24) is 5.32 Å². The lowest BCUT2D eigenvalue weighted by Crippen LogP contribution is -2.30. The second-order valence-corrected chi connectivity index (χ2v) is 5.24. The lowest BCUT2D eigenvalue weighted by Gasteiger charge is -2.14. The molecule has 2 aromatic rings. The summed E-state index contributed by atoms with van der Waals surface area (Å²) in [4.78, 5) is 22.4. The molecule has 0 aliphatic carbocycles. The fourth-order valence-corrected chi connectivity index (χ4v) is 2.36. The van der Waals surface area contributed by atoms with E-state index in [-0.39, 0.29) is 24.6 Å². The van der Waals surface area contributed by atoms with Crippen molar-refractivity contribution in [1.29, 1.82) is 0 Å². The molecule has 0 bridgehead atoms. The van der Waals surface area contributed by atoms with Crippen molar-refractivity contribution in [3.63, 3.8) is 0 Å². The molecule has 0 heterocycles. The van der Waals surface area contributed by atoms with Gasteiger partial charge in [0.1, 0.15) is 0 Å². The number of carbonyl (C=O) groups excluding carboxylic acids is 1. The monoisotopic (exact) mass is 314 g/mol. The van der Waals surface area contributed by atoms with Crippen LogP contribution in [-0.4, -0.2) is 22.5 Å². The van der Waals surface area contributed by atoms with Crippen LogP contribution in [0.2, 0.25) is 0 Å². The van der Waals surface area contributed by atoms with Crippen molar-refractivity contribution in [3.8, 4) is 0 Å². The summed E-state index contributed by atoms with van der Waals surface area (Å²) >= 11 is 0. The average molecular weight is 314 g/mol. The number of amides is 1. The van der Waals surface area contributed by atoms with Crippen LogP contribution >= 0.6 is 0 Å². The Kier molecular flexibility index (Phi) is 5.43. The molecule has 1 atom stereocenters. The second-order valence-electron chi connectivity index (χ2n) is 5.24. The van der Waals surface area contributed by atoms with Crippen LogP contribution in [0.3, 0.4) is 0 Å². The Morgan fingerprint density at radius 1 is 1.22 bits per heavy atom. The molecule has 2 N–H and O–H groups in total. The number of benzene rings is 2. The summed E-state index contributed by atoms with van der Waals surface area (Å²) in [6.45, 7) is 1.94. The number of aliphatic hydroxyl groups excluding tert-OH is 1. The van der Waals surface area contributed by atoms with Gasteiger partial charge in [-0.3, -0.25) is 14.9 Å². The maximum atomic E-state index is 12.0. The van der Waals surface area contributed by atoms with Gasteiger partial charge in [-0.15, -0.1) is 0 Å². The molecule has 120 valence electrons. The summed E-state index contributed by atoms with van der Waals surface area (Å²) in [6, 6.07) is 13.5. The number of para-hydroxylation sites is 1. The van der Waals surface area contributed by atoms with Gasteiger partial charge in [0.05, 0.1) is 17.4 Å². The molecule has 0 aliphatic rings. The van der Waals surface area contributed by atoms with Gasteiger partial charge in [-0.2, -0.15) is 0 Å². The van der Waals surface area contributed by atoms with E-state index in [4.69, 9.17) is 0 Å². The summed E-state index contributed by atoms with van der Waals surface area (Å²) in [7, 11) is 0. The van der Waals surface area contributed by atoms with Crippen molar-refractivity contribution < 1.29 is 14.8 Å². The maximum Gasteiger partial charge on any atom is 0.273 e. The van der Waals surface area contributed by atoms with Gasteiger partial charge in [0.25, 0.3) is 5.69 Å². The smallest absolute Gasteiger partial charge is 0.273 e. The van der Waals surface area contributed by atoms with Crippen LogP contribution in [0.15, 0.2) is 48.5 Å². The van der Waals surface area contributed by atoms with Crippen LogP contribution in [0, 0.1) is 17.0 Å². The topological polar surface area (TPSA) is 92.5 Å². The molecule has 1 amide bonds. The number of rotatable bonds is 6. The third kappa shape index (κ3) is 4.37. The third-order valence-corrected chi connectivity index (χ3v) is 3.58. The fourth-order valence-electron chi connectivity index (χ4n) is 2.36. The summed E-state index contributed by atoms with van der Waals surface area (Å²) in [5.74, 6) is -0.369. The number of aryl methyl sites for hydroxylation is 1. The number of hydrogen-bond acceptors (Lipinski definition) is 4. The highest BCUT2D eigenvalue weighted by Gasteiger charge is 2.16. The SMILES string of the molecule is Cc1ccccc1C(O)CNC(=O)Cc1ccccc1[N+](=O)[O-]. The highest BCUT2D eigenvalue weighted by molar-refractivity contribution is 5.79. The Bertz CT molecular complexity index is 715. The zero-order chi connectivity index (χ0) is 16.8. The first-order valence-corrected chi connectivity index (χ1v) is 7.21. The van der Waals surface area contributed by atoms with Gasteiger partial charge in [-0.05, 0) is 18.1 Å². The number of nitro benzene ring substituents is 1. The number of aliphatic hydroxyl groups is 1. The molecule has 23 heavy (non-hydrogen) atoms. The first kappa shape index (κ1) is 16.6. The minimum absolute atomic E-state index is 0.0598. The van der Waals surface area contributed by atoms with Crippen molar-refractivity contribution in [2.75, 3.05) is 6.54 Å². The van der Waals surface area contributed by atoms with Crippen molar-refractivity contribution >= 4 is 11.6 Å². The summed E-state index contributed by atoms with van der Waals surface area (Å²) in [6.07, 6.45) is -0.914. The predicted molar refractivity (Wildman–Crippen MR) is 85.9 cm³/mol. The first-order chi connectivity index (χ1) is 11.0. The molecule has 0 aliphatic heterocycles. The van der Waals surface area contributed by atoms with Crippen LogP contribution in [0.5, 0.6) is 0 Å². The molecule has 0 radical (unpaired) electrons. The van der Waals surface area contributed by atoms with Gasteiger partial charge in [-0.25, -0.2) is 0 Å². The highest BCUT2D eigenvalue weighted by Crippen LogP contribution is 2.19. The van der Waals surface area contributed by atoms with Gasteiger partial charge in [-0.1, -0.05) is 42.5 Å². The second kappa shape index (κ2) is 7.51. The van der Waals surface area contributed by atoms with Crippen LogP contribution in [-0.2, 0) is 11.2 Å². The molecule has 6 heteroatoms. The van der Waals surface area contributed by atoms with E-state index >= 15 is 0 Å². The minimum atomic E-state index is -0.814. The summed E-state index contributed by atoms with van der Waals surface area (Å²) in [5, 5.41) is 23.7. The molecule has 0 fully saturated rings. The van der Waals surface area contributed by atoms with Crippen LogP contribution in [0.4, 0.5) is 5.69 Å². The number of nitrogens with one attached hydrogen (secondary N) is 1. The molecule has 6 nitrogen and oxygen atoms in total. The van der Waals surface area contributed by atoms with Crippen LogP contribution in [0.1, 0.15) is 22.8 Å². The highest BCUT2D eigenvalue weighted by atomic mass is 16.6. The lowest BCUT2D eigenvalue weighted by atomic mass is 10.0. The van der Waals surface area contributed by atoms with E-state index < -0.39 is 11.0 Å². The maximum absolute atomic E-state index is 12.0. The Labute approximate surface area is 133 Å². The van der Waals surface area contributed by atoms with Crippen LogP contribution in [0.25, 0.3) is 0 Å². The Morgan fingerprint density at radius 3 is 2.57 bits per heavy atom. The Balaban J connectivity index is 1.96. The average Bonchev–Trinajstić information content (AvgIpc) is 2.53. The van der Waals surface area contributed by atoms with Gasteiger partial charge >= 0.3 is 0 Å². The number of carbonyl (C=O) groups is 1. The van der Waals surface area contributed by atoms with Crippen molar-refractivity contribution in [3.05, 3.63) is 75.3 Å². The lowest BCUT2D eigenvalue weighted by molar-refractivity contribution is -0.385. The third-order valence-electron chi connectivity index (χ3n) is 3.58. The van der Waals surface area contributed by atoms with E-state index in [1.807, 2.05) is 25.1 Å². The normalized spacial score (nSPS) is 11.7. The molecular weight excluding hydrogens is 296 g/mol. The van der Waals surface area contributed by atoms with Crippen molar-refractivity contribution in [2.24, 2.45) is 0 Å². The molecule has 1 unspecified atom stereocenters. The Hall–Kier alpha value is -2.73. The zero-order valence-corrected chi connectivity index (χ0v) is 12.7. The summed E-state index contributed by atoms with van der Waals surface area (Å²) in [5.41, 5.74) is 1.95. The van der Waals surface area contributed by atoms with Gasteiger partial charge in [0.2, 0.25) is 5.91 Å². The summed E-state index contributed by atoms with van der Waals surface area (Å²) < 4.78 is 0. The van der Waals surface area contributed by atoms with Crippen molar-refractivity contribution in [2.45, 2.75) is 19.4 Å². The van der Waals surface area contributed by atoms with E-state index in [1.54, 1.807) is 24.3 Å². The molecular formula is C17H18N2O4. The zero-order valence-electron chi connectivity index (χ0n) is 12.7. The van der Waals surface area contributed by atoms with Gasteiger partial charge in [0.15, 0.2) is 0 Å². The number of nitrogens with zero attached hydrogens (tertiary/aromatic N) is 1.